The van der Waals surface area contributed by atoms with Gasteiger partial charge in [0.05, 0.1) is 23.4 Å². The maximum absolute atomic E-state index is 15.3. The van der Waals surface area contributed by atoms with Crippen molar-refractivity contribution in [3.05, 3.63) is 97.1 Å². The standard InChI is InChI=1S/C33H29FN8O/c34-29-15-22(6-7-26(29)27-5-1-3-21-4-2-11-35-30(21)27)33(43)40-13-9-24(10-14-40)41-18-25(19-41)42-17-23(16-39-42)31-28-8-12-36-32(28)38-20-37-31/h1-8,11-12,15-17,20,24-25H,9-10,13-14,18-19H2,(H,36,37,38). The van der Waals surface area contributed by atoms with Gasteiger partial charge in [-0.1, -0.05) is 30.3 Å². The van der Waals surface area contributed by atoms with E-state index >= 15 is 4.39 Å². The second-order valence-electron chi connectivity index (χ2n) is 11.4. The first-order valence-corrected chi connectivity index (χ1v) is 14.6. The van der Waals surface area contributed by atoms with Crippen molar-refractivity contribution in [1.29, 1.82) is 0 Å². The monoisotopic (exact) mass is 572 g/mol. The molecule has 0 radical (unpaired) electrons. The number of aromatic nitrogens is 6. The van der Waals surface area contributed by atoms with E-state index < -0.39 is 5.82 Å². The van der Waals surface area contributed by atoms with Crippen molar-refractivity contribution in [3.63, 3.8) is 0 Å². The number of piperidine rings is 1. The highest BCUT2D eigenvalue weighted by Gasteiger charge is 2.36. The molecule has 2 fully saturated rings. The van der Waals surface area contributed by atoms with Crippen LogP contribution in [0.25, 0.3) is 44.3 Å². The van der Waals surface area contributed by atoms with Gasteiger partial charge in [-0.2, -0.15) is 5.10 Å². The normalized spacial score (nSPS) is 16.6. The van der Waals surface area contributed by atoms with Crippen LogP contribution in [-0.2, 0) is 0 Å². The van der Waals surface area contributed by atoms with Crippen LogP contribution in [0.5, 0.6) is 0 Å². The molecular formula is C33H29FN8O. The third kappa shape index (κ3) is 4.54. The lowest BCUT2D eigenvalue weighted by molar-refractivity contribution is 0.0198. The van der Waals surface area contributed by atoms with E-state index in [1.807, 2.05) is 58.4 Å². The van der Waals surface area contributed by atoms with Crippen molar-refractivity contribution in [2.24, 2.45) is 0 Å². The fourth-order valence-electron chi connectivity index (χ4n) is 6.52. The second-order valence-corrected chi connectivity index (χ2v) is 11.4. The van der Waals surface area contributed by atoms with Gasteiger partial charge in [-0.25, -0.2) is 14.4 Å². The first-order chi connectivity index (χ1) is 21.1. The minimum Gasteiger partial charge on any atom is -0.346 e. The van der Waals surface area contributed by atoms with Gasteiger partial charge < -0.3 is 9.88 Å². The molecule has 0 bridgehead atoms. The molecule has 6 heterocycles. The fraction of sp³-hybridized carbons (Fsp3) is 0.242. The Labute approximate surface area is 247 Å². The number of amides is 1. The van der Waals surface area contributed by atoms with Crippen molar-refractivity contribution in [1.82, 2.24) is 39.5 Å². The second kappa shape index (κ2) is 10.4. The Hall–Kier alpha value is -4.96. The summed E-state index contributed by atoms with van der Waals surface area (Å²) in [5.41, 5.74) is 4.98. The lowest BCUT2D eigenvalue weighted by atomic mass is 9.96. The van der Waals surface area contributed by atoms with Gasteiger partial charge in [-0.05, 0) is 37.1 Å². The number of hydrogen-bond acceptors (Lipinski definition) is 6. The quantitative estimate of drug-likeness (QED) is 0.300. The third-order valence-electron chi connectivity index (χ3n) is 8.90. The molecule has 4 aromatic heterocycles. The third-order valence-corrected chi connectivity index (χ3v) is 8.90. The van der Waals surface area contributed by atoms with E-state index in [2.05, 4.69) is 36.1 Å². The van der Waals surface area contributed by atoms with Crippen LogP contribution in [0.4, 0.5) is 4.39 Å². The summed E-state index contributed by atoms with van der Waals surface area (Å²) in [5.74, 6) is -0.531. The van der Waals surface area contributed by atoms with Gasteiger partial charge in [0.1, 0.15) is 17.8 Å². The van der Waals surface area contributed by atoms with E-state index in [0.29, 0.717) is 36.3 Å². The molecule has 214 valence electrons. The predicted octanol–water partition coefficient (Wildman–Crippen LogP) is 5.34. The minimum atomic E-state index is -0.412. The number of aromatic amines is 1. The van der Waals surface area contributed by atoms with Crippen LogP contribution >= 0.6 is 0 Å². The summed E-state index contributed by atoms with van der Waals surface area (Å²) in [7, 11) is 0. The largest absolute Gasteiger partial charge is 0.346 e. The number of rotatable bonds is 5. The van der Waals surface area contributed by atoms with Gasteiger partial charge >= 0.3 is 0 Å². The Balaban J connectivity index is 0.885. The molecule has 0 spiro atoms. The average Bonchev–Trinajstić information content (AvgIpc) is 3.71. The van der Waals surface area contributed by atoms with Gasteiger partial charge in [0.15, 0.2) is 0 Å². The van der Waals surface area contributed by atoms with E-state index in [1.165, 1.54) is 6.07 Å². The number of para-hydroxylation sites is 1. The van der Waals surface area contributed by atoms with Crippen molar-refractivity contribution in [3.8, 4) is 22.4 Å². The molecule has 0 unspecified atom stereocenters. The van der Waals surface area contributed by atoms with E-state index in [1.54, 1.807) is 24.7 Å². The number of H-pyrrole nitrogens is 1. The van der Waals surface area contributed by atoms with Crippen LogP contribution < -0.4 is 0 Å². The molecule has 2 saturated heterocycles. The number of hydrogen-bond donors (Lipinski definition) is 1. The zero-order valence-corrected chi connectivity index (χ0v) is 23.4. The molecule has 2 aliphatic rings. The van der Waals surface area contributed by atoms with Crippen LogP contribution in [0, 0.1) is 5.82 Å². The number of carbonyl (C=O) groups is 1. The molecule has 9 nitrogen and oxygen atoms in total. The van der Waals surface area contributed by atoms with Crippen LogP contribution in [0.15, 0.2) is 85.7 Å². The van der Waals surface area contributed by atoms with Gasteiger partial charge in [0.25, 0.3) is 5.91 Å². The SMILES string of the molecule is O=C(c1ccc(-c2cccc3cccnc23)c(F)c1)N1CCC(N2CC(n3cc(-c4ncnc5[nH]ccc45)cn3)C2)CC1. The maximum Gasteiger partial charge on any atom is 0.253 e. The summed E-state index contributed by atoms with van der Waals surface area (Å²) in [4.78, 5) is 34.0. The highest BCUT2D eigenvalue weighted by atomic mass is 19.1. The Morgan fingerprint density at radius 1 is 0.930 bits per heavy atom. The van der Waals surface area contributed by atoms with Crippen molar-refractivity contribution in [2.45, 2.75) is 24.9 Å². The Bertz CT molecular complexity index is 1960. The summed E-state index contributed by atoms with van der Waals surface area (Å²) in [6, 6.07) is 17.1. The molecule has 2 aliphatic heterocycles. The Morgan fingerprint density at radius 2 is 1.79 bits per heavy atom. The van der Waals surface area contributed by atoms with Crippen LogP contribution in [-0.4, -0.2) is 77.6 Å². The summed E-state index contributed by atoms with van der Waals surface area (Å²) < 4.78 is 17.4. The molecule has 10 heteroatoms. The molecule has 0 atom stereocenters. The summed E-state index contributed by atoms with van der Waals surface area (Å²) in [6.07, 6.45) is 10.9. The molecule has 8 rings (SSSR count). The topological polar surface area (TPSA) is 95.8 Å². The minimum absolute atomic E-state index is 0.119. The lowest BCUT2D eigenvalue weighted by Gasteiger charge is -2.47. The molecule has 1 N–H and O–H groups in total. The van der Waals surface area contributed by atoms with E-state index in [4.69, 9.17) is 0 Å². The first kappa shape index (κ1) is 25.7. The molecule has 2 aromatic carbocycles. The van der Waals surface area contributed by atoms with Gasteiger partial charge in [0.2, 0.25) is 0 Å². The van der Waals surface area contributed by atoms with Crippen molar-refractivity contribution in [2.75, 3.05) is 26.2 Å². The number of nitrogens with one attached hydrogen (secondary N) is 1. The zero-order valence-electron chi connectivity index (χ0n) is 23.4. The fourth-order valence-corrected chi connectivity index (χ4v) is 6.52. The molecular weight excluding hydrogens is 543 g/mol. The first-order valence-electron chi connectivity index (χ1n) is 14.6. The highest BCUT2D eigenvalue weighted by Crippen LogP contribution is 2.32. The summed E-state index contributed by atoms with van der Waals surface area (Å²) in [5, 5.41) is 6.57. The number of halogens is 1. The average molecular weight is 573 g/mol. The van der Waals surface area contributed by atoms with Gasteiger partial charge in [0, 0.05) is 83.8 Å². The maximum atomic E-state index is 15.3. The van der Waals surface area contributed by atoms with Crippen LogP contribution in [0.1, 0.15) is 29.2 Å². The Morgan fingerprint density at radius 3 is 2.65 bits per heavy atom. The van der Waals surface area contributed by atoms with E-state index in [-0.39, 0.29) is 5.91 Å². The number of carbonyl (C=O) groups excluding carboxylic acids is 1. The number of nitrogens with zero attached hydrogens (tertiary/aromatic N) is 7. The lowest BCUT2D eigenvalue weighted by Crippen LogP contribution is -2.56. The van der Waals surface area contributed by atoms with Crippen molar-refractivity contribution < 1.29 is 9.18 Å². The molecule has 43 heavy (non-hydrogen) atoms. The van der Waals surface area contributed by atoms with Crippen molar-refractivity contribution >= 4 is 27.8 Å². The number of likely N-dealkylation sites (tertiary alicyclic amines) is 2. The molecule has 6 aromatic rings. The van der Waals surface area contributed by atoms with E-state index in [0.717, 1.165) is 64.7 Å². The summed E-state index contributed by atoms with van der Waals surface area (Å²) in [6.45, 7) is 3.18. The number of pyridine rings is 1. The smallest absolute Gasteiger partial charge is 0.253 e. The number of fused-ring (bicyclic) bond motifs is 2. The Kier molecular flexibility index (Phi) is 6.22. The van der Waals surface area contributed by atoms with Gasteiger partial charge in [-0.3, -0.25) is 19.4 Å². The van der Waals surface area contributed by atoms with Crippen LogP contribution in [0.2, 0.25) is 0 Å². The molecule has 0 aliphatic carbocycles. The predicted molar refractivity (Wildman–Crippen MR) is 162 cm³/mol. The zero-order chi connectivity index (χ0) is 28.9. The number of benzene rings is 2. The van der Waals surface area contributed by atoms with E-state index in [9.17, 15) is 4.79 Å². The molecule has 0 saturated carbocycles. The molecule has 1 amide bonds. The van der Waals surface area contributed by atoms with Crippen LogP contribution in [0.3, 0.4) is 0 Å². The van der Waals surface area contributed by atoms with Gasteiger partial charge in [-0.15, -0.1) is 0 Å². The summed E-state index contributed by atoms with van der Waals surface area (Å²) >= 11 is 0. The highest BCUT2D eigenvalue weighted by molar-refractivity contribution is 5.97.